The maximum atomic E-state index is 13.2. The van der Waals surface area contributed by atoms with E-state index >= 15 is 0 Å². The molecule has 8 nitrogen and oxygen atoms in total. The van der Waals surface area contributed by atoms with Gasteiger partial charge in [-0.15, -0.1) is 0 Å². The van der Waals surface area contributed by atoms with E-state index in [0.29, 0.717) is 27.6 Å². The van der Waals surface area contributed by atoms with Crippen molar-refractivity contribution in [3.63, 3.8) is 0 Å². The van der Waals surface area contributed by atoms with Crippen LogP contribution in [0.1, 0.15) is 32.5 Å². The molecular formula is C24H19ClN2O6S. The number of carbonyl (C=O) groups excluding carboxylic acids is 3. The van der Waals surface area contributed by atoms with Gasteiger partial charge in [-0.05, 0) is 36.8 Å². The molecule has 4 rings (SSSR count). The van der Waals surface area contributed by atoms with Gasteiger partial charge < -0.3 is 14.6 Å². The molecule has 174 valence electrons. The summed E-state index contributed by atoms with van der Waals surface area (Å²) < 4.78 is 10.0. The predicted molar refractivity (Wildman–Crippen MR) is 127 cm³/mol. The lowest BCUT2D eigenvalue weighted by Gasteiger charge is -2.23. The quantitative estimate of drug-likeness (QED) is 0.238. The van der Waals surface area contributed by atoms with E-state index in [0.717, 1.165) is 11.3 Å². The standard InChI is InChI=1S/C24H19ClN2O6S/c1-12-21(23(31)33-3)34-24(26-12)27-18(13-7-9-15(25)10-8-13)17(20(29)22(27)30)19(28)14-5-4-6-16(11-14)32-2/h4-11,18,28H,1-3H3/t18-/m1/s1. The van der Waals surface area contributed by atoms with E-state index in [1.165, 1.54) is 19.1 Å². The number of esters is 1. The zero-order chi connectivity index (χ0) is 24.6. The van der Waals surface area contributed by atoms with Crippen LogP contribution in [0.25, 0.3) is 5.76 Å². The molecule has 0 bridgehead atoms. The lowest BCUT2D eigenvalue weighted by Crippen LogP contribution is -2.29. The highest BCUT2D eigenvalue weighted by Crippen LogP contribution is 2.44. The largest absolute Gasteiger partial charge is 0.507 e. The topological polar surface area (TPSA) is 106 Å². The smallest absolute Gasteiger partial charge is 0.350 e. The van der Waals surface area contributed by atoms with E-state index in [4.69, 9.17) is 21.1 Å². The number of ketones is 1. The summed E-state index contributed by atoms with van der Waals surface area (Å²) in [5, 5.41) is 11.8. The van der Waals surface area contributed by atoms with Gasteiger partial charge in [0.2, 0.25) is 0 Å². The number of aliphatic hydroxyl groups excluding tert-OH is 1. The third kappa shape index (κ3) is 4.04. The minimum Gasteiger partial charge on any atom is -0.507 e. The minimum atomic E-state index is -1.00. The van der Waals surface area contributed by atoms with E-state index in [2.05, 4.69) is 4.98 Å². The number of methoxy groups -OCH3 is 2. The van der Waals surface area contributed by atoms with Crippen LogP contribution in [0.4, 0.5) is 5.13 Å². The molecule has 2 aromatic carbocycles. The van der Waals surface area contributed by atoms with Gasteiger partial charge in [-0.25, -0.2) is 9.78 Å². The van der Waals surface area contributed by atoms with E-state index in [1.807, 2.05) is 0 Å². The number of benzene rings is 2. The molecule has 1 atom stereocenters. The Bertz CT molecular complexity index is 1330. The number of hydrogen-bond acceptors (Lipinski definition) is 8. The predicted octanol–water partition coefficient (Wildman–Crippen LogP) is 4.53. The van der Waals surface area contributed by atoms with E-state index in [9.17, 15) is 19.5 Å². The molecule has 1 aromatic heterocycles. The summed E-state index contributed by atoms with van der Waals surface area (Å²) in [5.74, 6) is -2.25. The molecule has 0 saturated carbocycles. The second kappa shape index (κ2) is 9.28. The minimum absolute atomic E-state index is 0.118. The number of aliphatic hydroxyl groups is 1. The Kier molecular flexibility index (Phi) is 6.41. The average Bonchev–Trinajstić information content (AvgIpc) is 3.35. The number of thiazole rings is 1. The van der Waals surface area contributed by atoms with Gasteiger partial charge in [-0.3, -0.25) is 14.5 Å². The van der Waals surface area contributed by atoms with Crippen LogP contribution in [-0.2, 0) is 14.3 Å². The summed E-state index contributed by atoms with van der Waals surface area (Å²) in [5.41, 5.74) is 1.08. The lowest BCUT2D eigenvalue weighted by molar-refractivity contribution is -0.132. The van der Waals surface area contributed by atoms with Gasteiger partial charge >= 0.3 is 11.9 Å². The third-order valence-electron chi connectivity index (χ3n) is 5.34. The molecule has 1 fully saturated rings. The molecule has 1 aliphatic rings. The number of nitrogens with zero attached hydrogens (tertiary/aromatic N) is 2. The highest BCUT2D eigenvalue weighted by molar-refractivity contribution is 7.17. The Hall–Kier alpha value is -3.69. The van der Waals surface area contributed by atoms with Crippen molar-refractivity contribution >= 4 is 51.5 Å². The maximum Gasteiger partial charge on any atom is 0.350 e. The van der Waals surface area contributed by atoms with E-state index in [1.54, 1.807) is 55.5 Å². The monoisotopic (exact) mass is 498 g/mol. The molecule has 0 unspecified atom stereocenters. The first-order valence-electron chi connectivity index (χ1n) is 10.0. The molecule has 1 N–H and O–H groups in total. The van der Waals surface area contributed by atoms with Crippen LogP contribution < -0.4 is 9.64 Å². The number of amides is 1. The molecule has 34 heavy (non-hydrogen) atoms. The first kappa shape index (κ1) is 23.5. The number of aromatic nitrogens is 1. The number of ether oxygens (including phenoxy) is 2. The number of hydrogen-bond donors (Lipinski definition) is 1. The fourth-order valence-corrected chi connectivity index (χ4v) is 4.82. The zero-order valence-corrected chi connectivity index (χ0v) is 19.9. The van der Waals surface area contributed by atoms with Gasteiger partial charge in [0.25, 0.3) is 5.78 Å². The van der Waals surface area contributed by atoms with Crippen molar-refractivity contribution in [3.8, 4) is 5.75 Å². The van der Waals surface area contributed by atoms with Crippen molar-refractivity contribution < 1.29 is 29.0 Å². The Balaban J connectivity index is 1.93. The molecular weight excluding hydrogens is 480 g/mol. The summed E-state index contributed by atoms with van der Waals surface area (Å²) in [6.45, 7) is 1.61. The number of aryl methyl sites for hydroxylation is 1. The SMILES string of the molecule is COC(=O)c1sc(N2C(=O)C(=O)C(=C(O)c3cccc(OC)c3)[C@H]2c2ccc(Cl)cc2)nc1C. The molecule has 0 aliphatic carbocycles. The fraction of sp³-hybridized carbons (Fsp3) is 0.167. The first-order valence-corrected chi connectivity index (χ1v) is 11.2. The Morgan fingerprint density at radius 1 is 1.15 bits per heavy atom. The van der Waals surface area contributed by atoms with E-state index in [-0.39, 0.29) is 21.3 Å². The average molecular weight is 499 g/mol. The van der Waals surface area contributed by atoms with Crippen molar-refractivity contribution in [2.75, 3.05) is 19.1 Å². The van der Waals surface area contributed by atoms with Crippen molar-refractivity contribution in [3.05, 3.63) is 80.8 Å². The normalized spacial score (nSPS) is 17.2. The van der Waals surface area contributed by atoms with Crippen LogP contribution >= 0.6 is 22.9 Å². The molecule has 1 aliphatic heterocycles. The molecule has 0 radical (unpaired) electrons. The van der Waals surface area contributed by atoms with Crippen LogP contribution in [0.5, 0.6) is 5.75 Å². The van der Waals surface area contributed by atoms with Crippen LogP contribution in [-0.4, -0.2) is 42.0 Å². The highest BCUT2D eigenvalue weighted by Gasteiger charge is 2.48. The van der Waals surface area contributed by atoms with Crippen molar-refractivity contribution in [2.45, 2.75) is 13.0 Å². The second-order valence-electron chi connectivity index (χ2n) is 7.36. The second-order valence-corrected chi connectivity index (χ2v) is 8.77. The molecule has 1 amide bonds. The van der Waals surface area contributed by atoms with Crippen LogP contribution in [0.2, 0.25) is 5.02 Å². The van der Waals surface area contributed by atoms with Gasteiger partial charge in [-0.1, -0.05) is 47.2 Å². The van der Waals surface area contributed by atoms with Gasteiger partial charge in [0.1, 0.15) is 16.4 Å². The maximum absolute atomic E-state index is 13.2. The van der Waals surface area contributed by atoms with Crippen molar-refractivity contribution in [1.29, 1.82) is 0 Å². The van der Waals surface area contributed by atoms with Crippen LogP contribution in [0.3, 0.4) is 0 Å². The Labute approximate surface area is 204 Å². The summed E-state index contributed by atoms with van der Waals surface area (Å²) in [7, 11) is 2.73. The molecule has 0 spiro atoms. The Morgan fingerprint density at radius 3 is 2.50 bits per heavy atom. The summed E-state index contributed by atoms with van der Waals surface area (Å²) in [6, 6.07) is 12.1. The van der Waals surface area contributed by atoms with Crippen LogP contribution in [0, 0.1) is 6.92 Å². The molecule has 2 heterocycles. The van der Waals surface area contributed by atoms with Gasteiger partial charge in [0.05, 0.1) is 31.5 Å². The molecule has 1 saturated heterocycles. The highest BCUT2D eigenvalue weighted by atomic mass is 35.5. The molecule has 10 heteroatoms. The first-order chi connectivity index (χ1) is 16.3. The van der Waals surface area contributed by atoms with E-state index < -0.39 is 23.7 Å². The number of Topliss-reactive ketones (excluding diaryl/α,β-unsaturated/α-hetero) is 1. The number of anilines is 1. The van der Waals surface area contributed by atoms with Crippen molar-refractivity contribution in [2.24, 2.45) is 0 Å². The van der Waals surface area contributed by atoms with Gasteiger partial charge in [0.15, 0.2) is 5.13 Å². The summed E-state index contributed by atoms with van der Waals surface area (Å²) in [4.78, 5) is 44.3. The molecule has 3 aromatic rings. The van der Waals surface area contributed by atoms with Gasteiger partial charge in [0, 0.05) is 10.6 Å². The number of rotatable bonds is 5. The van der Waals surface area contributed by atoms with Crippen molar-refractivity contribution in [1.82, 2.24) is 4.98 Å². The number of carbonyl (C=O) groups is 3. The summed E-state index contributed by atoms with van der Waals surface area (Å²) in [6.07, 6.45) is 0. The third-order valence-corrected chi connectivity index (χ3v) is 6.72. The van der Waals surface area contributed by atoms with Gasteiger partial charge in [-0.2, -0.15) is 0 Å². The fourth-order valence-electron chi connectivity index (χ4n) is 3.68. The number of halogens is 1. The zero-order valence-electron chi connectivity index (χ0n) is 18.4. The van der Waals surface area contributed by atoms with Crippen LogP contribution in [0.15, 0.2) is 54.1 Å². The lowest BCUT2D eigenvalue weighted by atomic mass is 9.95. The Morgan fingerprint density at radius 2 is 1.85 bits per heavy atom. The summed E-state index contributed by atoms with van der Waals surface area (Å²) >= 11 is 6.98.